The molecule has 0 bridgehead atoms. The summed E-state index contributed by atoms with van der Waals surface area (Å²) in [5.74, 6) is -1.64. The van der Waals surface area contributed by atoms with E-state index in [2.05, 4.69) is 203 Å². The maximum Gasteiger partial charge on any atom is 0.472 e. The molecule has 0 saturated carbocycles. The number of phosphoric acid groups is 2. The van der Waals surface area contributed by atoms with Crippen molar-refractivity contribution in [2.75, 3.05) is 39.6 Å². The lowest BCUT2D eigenvalue weighted by Crippen LogP contribution is -2.30. The standard InChI is InChI=1S/C89H146O16P2/c1-4-7-10-13-16-19-22-25-28-31-34-36-38-39-40-41-42-43-45-47-49-51-54-57-60-63-66-69-72-75-87(92)99-78-84(90)79-101-106(95,96)102-80-85(91)81-103-107(97,98)104-83-86(105-89(94)77-74-71-68-65-62-59-56-53-48-33-30-27-24-21-18-15-12-9-6-3)82-100-88(93)76-73-70-67-64-61-58-55-52-50-46-44-37-35-32-29-26-23-20-17-14-11-8-5-2/h7,9-10,12,16-21,25-30,34-37,39-40,42-43,46,48,50,53,59,62,84-86,90-91H,4-6,8,11,13-15,22-24,31-33,38,41,44-45,47,49,51-52,54-58,60-61,63-83H2,1-3H3,(H,95,96)(H,97,98)/b10-7-,12-9-,19-16-,20-17-,21-18-,28-25-,29-26-,30-27-,36-34-,37-35-,40-39-,43-42-,50-46-,53-48-,62-59-. The highest BCUT2D eigenvalue weighted by Gasteiger charge is 2.29. The predicted molar refractivity (Wildman–Crippen MR) is 445 cm³/mol. The first-order valence-corrected chi connectivity index (χ1v) is 44.1. The average Bonchev–Trinajstić information content (AvgIpc) is 0.907. The molecule has 0 aliphatic heterocycles. The molecule has 0 aliphatic rings. The molecule has 0 spiro atoms. The van der Waals surface area contributed by atoms with Crippen molar-refractivity contribution in [2.24, 2.45) is 0 Å². The Hall–Kier alpha value is -5.35. The quantitative estimate of drug-likeness (QED) is 0.0146. The number of allylic oxidation sites excluding steroid dienone is 30. The van der Waals surface area contributed by atoms with Gasteiger partial charge in [-0.15, -0.1) is 0 Å². The fourth-order valence-corrected chi connectivity index (χ4v) is 12.0. The summed E-state index contributed by atoms with van der Waals surface area (Å²) in [5.41, 5.74) is 0. The molecule has 0 aromatic rings. The largest absolute Gasteiger partial charge is 0.472 e. The van der Waals surface area contributed by atoms with Crippen molar-refractivity contribution in [3.63, 3.8) is 0 Å². The number of carbonyl (C=O) groups excluding carboxylic acids is 3. The van der Waals surface area contributed by atoms with Crippen LogP contribution in [0.5, 0.6) is 0 Å². The lowest BCUT2D eigenvalue weighted by Gasteiger charge is -2.21. The summed E-state index contributed by atoms with van der Waals surface area (Å²) in [7, 11) is -9.83. The Morgan fingerprint density at radius 1 is 0.271 bits per heavy atom. The number of carbonyl (C=O) groups is 3. The molecule has 0 heterocycles. The van der Waals surface area contributed by atoms with Gasteiger partial charge in [-0.2, -0.15) is 0 Å². The van der Waals surface area contributed by atoms with Crippen molar-refractivity contribution >= 4 is 33.6 Å². The Kier molecular flexibility index (Phi) is 76.2. The maximum atomic E-state index is 13.0. The Bertz CT molecular complexity index is 2670. The predicted octanol–water partition coefficient (Wildman–Crippen LogP) is 24.5. The monoisotopic (exact) mass is 1530 g/mol. The van der Waals surface area contributed by atoms with Gasteiger partial charge in [0.05, 0.1) is 26.4 Å². The topological polar surface area (TPSA) is 231 Å². The zero-order valence-electron chi connectivity index (χ0n) is 66.5. The van der Waals surface area contributed by atoms with Crippen LogP contribution in [0.1, 0.15) is 303 Å². The summed E-state index contributed by atoms with van der Waals surface area (Å²) in [6.07, 6.45) is 104. The third-order valence-corrected chi connectivity index (χ3v) is 18.5. The van der Waals surface area contributed by atoms with Gasteiger partial charge in [-0.1, -0.05) is 306 Å². The van der Waals surface area contributed by atoms with E-state index in [9.17, 15) is 43.5 Å². The van der Waals surface area contributed by atoms with Gasteiger partial charge < -0.3 is 34.2 Å². The van der Waals surface area contributed by atoms with Gasteiger partial charge in [0.1, 0.15) is 25.4 Å². The summed E-state index contributed by atoms with van der Waals surface area (Å²) < 4.78 is 61.2. The summed E-state index contributed by atoms with van der Waals surface area (Å²) in [4.78, 5) is 58.8. The Morgan fingerprint density at radius 3 is 0.794 bits per heavy atom. The van der Waals surface area contributed by atoms with Crippen LogP contribution in [0, 0.1) is 0 Å². The van der Waals surface area contributed by atoms with E-state index < -0.39 is 91.5 Å². The molecule has 5 unspecified atom stereocenters. The highest BCUT2D eigenvalue weighted by Crippen LogP contribution is 2.45. The van der Waals surface area contributed by atoms with Gasteiger partial charge >= 0.3 is 33.6 Å². The molecule has 18 heteroatoms. The Labute approximate surface area is 649 Å². The normalized spacial score (nSPS) is 14.9. The van der Waals surface area contributed by atoms with Gasteiger partial charge in [0.2, 0.25) is 0 Å². The second kappa shape index (κ2) is 80.2. The van der Waals surface area contributed by atoms with Crippen LogP contribution in [0.25, 0.3) is 0 Å². The van der Waals surface area contributed by atoms with E-state index in [4.69, 9.17) is 32.3 Å². The smallest absolute Gasteiger partial charge is 0.463 e. The number of aliphatic hydroxyl groups excluding tert-OH is 2. The minimum Gasteiger partial charge on any atom is -0.463 e. The fraction of sp³-hybridized carbons (Fsp3) is 0.629. The van der Waals surface area contributed by atoms with Gasteiger partial charge in [0.15, 0.2) is 6.10 Å². The number of hydrogen-bond donors (Lipinski definition) is 4. The van der Waals surface area contributed by atoms with Crippen molar-refractivity contribution < 1.29 is 75.8 Å². The number of phosphoric ester groups is 2. The third-order valence-electron chi connectivity index (χ3n) is 16.6. The van der Waals surface area contributed by atoms with E-state index in [1.807, 2.05) is 0 Å². The summed E-state index contributed by atoms with van der Waals surface area (Å²) >= 11 is 0. The molecule has 5 atom stereocenters. The number of ether oxygens (including phenoxy) is 3. The highest BCUT2D eigenvalue weighted by atomic mass is 31.2. The zero-order chi connectivity index (χ0) is 78.0. The zero-order valence-corrected chi connectivity index (χ0v) is 68.3. The maximum absolute atomic E-state index is 13.0. The van der Waals surface area contributed by atoms with Crippen LogP contribution in [-0.4, -0.2) is 95.9 Å². The second-order valence-corrected chi connectivity index (χ2v) is 29.7. The number of esters is 3. The lowest BCUT2D eigenvalue weighted by atomic mass is 10.1. The molecule has 0 rings (SSSR count). The second-order valence-electron chi connectivity index (χ2n) is 26.8. The first kappa shape index (κ1) is 102. The van der Waals surface area contributed by atoms with Crippen molar-refractivity contribution in [2.45, 2.75) is 322 Å². The van der Waals surface area contributed by atoms with Crippen molar-refractivity contribution in [3.05, 3.63) is 182 Å². The van der Waals surface area contributed by atoms with Crippen LogP contribution >= 0.6 is 15.6 Å². The first-order valence-electron chi connectivity index (χ1n) is 41.1. The van der Waals surface area contributed by atoms with Crippen molar-refractivity contribution in [1.82, 2.24) is 0 Å². The van der Waals surface area contributed by atoms with Crippen molar-refractivity contribution in [1.29, 1.82) is 0 Å². The molecule has 0 aromatic heterocycles. The van der Waals surface area contributed by atoms with Gasteiger partial charge in [0, 0.05) is 19.3 Å². The van der Waals surface area contributed by atoms with Gasteiger partial charge in [0.25, 0.3) is 0 Å². The number of unbranched alkanes of at least 4 members (excludes halogenated alkanes) is 23. The molecular formula is C89H146O16P2. The van der Waals surface area contributed by atoms with E-state index in [-0.39, 0.29) is 19.3 Å². The third kappa shape index (κ3) is 81.5. The molecule has 16 nitrogen and oxygen atoms in total. The van der Waals surface area contributed by atoms with Gasteiger partial charge in [-0.25, -0.2) is 9.13 Å². The average molecular weight is 1530 g/mol. The summed E-state index contributed by atoms with van der Waals surface area (Å²) in [6.45, 7) is 2.36. The summed E-state index contributed by atoms with van der Waals surface area (Å²) in [5, 5.41) is 20.7. The van der Waals surface area contributed by atoms with E-state index in [0.29, 0.717) is 19.3 Å². The van der Waals surface area contributed by atoms with E-state index >= 15 is 0 Å². The molecule has 0 aliphatic carbocycles. The molecule has 608 valence electrons. The minimum absolute atomic E-state index is 0.0563. The van der Waals surface area contributed by atoms with E-state index in [1.165, 1.54) is 57.8 Å². The number of aliphatic hydroxyl groups is 2. The van der Waals surface area contributed by atoms with Gasteiger partial charge in [-0.3, -0.25) is 32.5 Å². The SMILES string of the molecule is CC/C=C\C/C=C\C/C=C\C/C=C\C/C=C\C/C=C\CCCCCCCCCCCCC(=O)OCC(O)COP(=O)(O)OCC(O)COP(=O)(O)OCC(COC(=O)CCCCCCCCC/C=C\C/C=C\C/C=C\C/C=C\CCCCC)OC(=O)CCCCC/C=C\C/C=C\C/C=C\C/C=C\C/C=C\CC. The van der Waals surface area contributed by atoms with Crippen LogP contribution in [0.15, 0.2) is 182 Å². The fourth-order valence-electron chi connectivity index (χ4n) is 10.4. The molecule has 0 fully saturated rings. The number of rotatable bonds is 76. The van der Waals surface area contributed by atoms with Crippen LogP contribution in [0.3, 0.4) is 0 Å². The van der Waals surface area contributed by atoms with Crippen LogP contribution < -0.4 is 0 Å². The summed E-state index contributed by atoms with van der Waals surface area (Å²) in [6, 6.07) is 0. The first-order chi connectivity index (χ1) is 52.2. The van der Waals surface area contributed by atoms with Crippen molar-refractivity contribution in [3.8, 4) is 0 Å². The molecule has 0 radical (unpaired) electrons. The number of hydrogen-bond acceptors (Lipinski definition) is 14. The van der Waals surface area contributed by atoms with E-state index in [0.717, 1.165) is 186 Å². The molecule has 0 amide bonds. The Morgan fingerprint density at radius 2 is 0.495 bits per heavy atom. The molecule has 0 saturated heterocycles. The van der Waals surface area contributed by atoms with Gasteiger partial charge in [-0.05, 0) is 161 Å². The molecular weight excluding hydrogens is 1390 g/mol. The highest BCUT2D eigenvalue weighted by molar-refractivity contribution is 7.47. The lowest BCUT2D eigenvalue weighted by molar-refractivity contribution is -0.161. The molecule has 107 heavy (non-hydrogen) atoms. The van der Waals surface area contributed by atoms with E-state index in [1.54, 1.807) is 0 Å². The van der Waals surface area contributed by atoms with Crippen LogP contribution in [0.4, 0.5) is 0 Å². The Balaban J connectivity index is 4.66. The minimum atomic E-state index is -4.95. The molecule has 4 N–H and O–H groups in total. The molecule has 0 aromatic carbocycles. The van der Waals surface area contributed by atoms with Crippen LogP contribution in [0.2, 0.25) is 0 Å². The van der Waals surface area contributed by atoms with Crippen LogP contribution in [-0.2, 0) is 55.8 Å².